The topological polar surface area (TPSA) is 38.5 Å². The van der Waals surface area contributed by atoms with Crippen molar-refractivity contribution >= 4 is 11.4 Å². The molecule has 1 aliphatic heterocycles. The van der Waals surface area contributed by atoms with Gasteiger partial charge in [-0.05, 0) is 51.7 Å². The van der Waals surface area contributed by atoms with Gasteiger partial charge in [0.2, 0.25) is 0 Å². The van der Waals surface area contributed by atoms with Crippen molar-refractivity contribution < 1.29 is 4.74 Å². The van der Waals surface area contributed by atoms with Crippen molar-refractivity contribution in [1.82, 2.24) is 0 Å². The molecule has 2 N–H and O–H groups in total. The number of anilines is 2. The molecule has 0 bridgehead atoms. The van der Waals surface area contributed by atoms with Crippen LogP contribution in [0.4, 0.5) is 11.4 Å². The van der Waals surface area contributed by atoms with Crippen molar-refractivity contribution in [3.63, 3.8) is 0 Å². The molecule has 1 unspecified atom stereocenters. The summed E-state index contributed by atoms with van der Waals surface area (Å²) in [6.07, 6.45) is 6.50. The highest BCUT2D eigenvalue weighted by atomic mass is 16.5. The first kappa shape index (κ1) is 15.0. The van der Waals surface area contributed by atoms with Crippen LogP contribution < -0.4 is 15.4 Å². The average molecular weight is 276 g/mol. The molecule has 0 radical (unpaired) electrons. The molecule has 1 heterocycles. The van der Waals surface area contributed by atoms with Crippen molar-refractivity contribution in [1.29, 1.82) is 0 Å². The Morgan fingerprint density at radius 3 is 2.85 bits per heavy atom. The van der Waals surface area contributed by atoms with Gasteiger partial charge in [-0.1, -0.05) is 19.4 Å². The normalized spacial score (nSPS) is 19.4. The summed E-state index contributed by atoms with van der Waals surface area (Å²) in [5, 5.41) is 0. The number of piperidine rings is 1. The third kappa shape index (κ3) is 3.38. The zero-order chi connectivity index (χ0) is 14.5. The first-order valence-corrected chi connectivity index (χ1v) is 7.95. The Balaban J connectivity index is 2.25. The maximum absolute atomic E-state index is 6.35. The number of nitrogens with zero attached hydrogens (tertiary/aromatic N) is 1. The fourth-order valence-electron chi connectivity index (χ4n) is 3.09. The molecule has 0 aliphatic carbocycles. The largest absolute Gasteiger partial charge is 0.489 e. The Hall–Kier alpha value is -1.38. The molecular formula is C17H28N2O. The fraction of sp³-hybridized carbons (Fsp3) is 0.647. The lowest BCUT2D eigenvalue weighted by molar-refractivity contribution is 0.244. The smallest absolute Gasteiger partial charge is 0.144 e. The summed E-state index contributed by atoms with van der Waals surface area (Å²) in [6, 6.07) is 6.79. The van der Waals surface area contributed by atoms with E-state index >= 15 is 0 Å². The number of ether oxygens (including phenoxy) is 1. The van der Waals surface area contributed by atoms with E-state index in [4.69, 9.17) is 10.5 Å². The van der Waals surface area contributed by atoms with E-state index in [2.05, 4.69) is 24.0 Å². The van der Waals surface area contributed by atoms with Gasteiger partial charge in [0.25, 0.3) is 0 Å². The molecule has 2 rings (SSSR count). The van der Waals surface area contributed by atoms with E-state index in [0.29, 0.717) is 6.04 Å². The average Bonchev–Trinajstić information content (AvgIpc) is 2.42. The highest BCUT2D eigenvalue weighted by molar-refractivity contribution is 5.74. The quantitative estimate of drug-likeness (QED) is 0.818. The van der Waals surface area contributed by atoms with E-state index in [1.807, 2.05) is 19.9 Å². The second-order valence-electron chi connectivity index (χ2n) is 5.99. The van der Waals surface area contributed by atoms with E-state index in [1.54, 1.807) is 0 Å². The maximum atomic E-state index is 6.35. The molecule has 1 aromatic carbocycles. The van der Waals surface area contributed by atoms with Crippen LogP contribution in [0.3, 0.4) is 0 Å². The standard InChI is InChI=1S/C17H28N2O/c1-4-8-14-9-5-6-12-19(14)15-10-7-11-16(17(15)18)20-13(2)3/h7,10-11,13-14H,4-6,8-9,12,18H2,1-3H3. The highest BCUT2D eigenvalue weighted by Gasteiger charge is 2.24. The number of hydrogen-bond acceptors (Lipinski definition) is 3. The second-order valence-corrected chi connectivity index (χ2v) is 5.99. The van der Waals surface area contributed by atoms with Crippen LogP contribution in [0.5, 0.6) is 5.75 Å². The number of nitrogens with two attached hydrogens (primary N) is 1. The van der Waals surface area contributed by atoms with E-state index in [0.717, 1.165) is 23.7 Å². The first-order valence-electron chi connectivity index (χ1n) is 7.95. The van der Waals surface area contributed by atoms with Gasteiger partial charge in [0.1, 0.15) is 5.75 Å². The number of hydrogen-bond donors (Lipinski definition) is 1. The van der Waals surface area contributed by atoms with Gasteiger partial charge in [-0.3, -0.25) is 0 Å². The van der Waals surface area contributed by atoms with Gasteiger partial charge in [0.15, 0.2) is 0 Å². The Morgan fingerprint density at radius 2 is 2.15 bits per heavy atom. The Morgan fingerprint density at radius 1 is 1.35 bits per heavy atom. The number of para-hydroxylation sites is 1. The lowest BCUT2D eigenvalue weighted by Gasteiger charge is -2.38. The molecule has 3 nitrogen and oxygen atoms in total. The minimum Gasteiger partial charge on any atom is -0.489 e. The third-order valence-electron chi connectivity index (χ3n) is 3.96. The minimum absolute atomic E-state index is 0.153. The van der Waals surface area contributed by atoms with Crippen molar-refractivity contribution in [2.45, 2.75) is 65.0 Å². The molecule has 0 amide bonds. The molecule has 1 fully saturated rings. The van der Waals surface area contributed by atoms with Crippen LogP contribution >= 0.6 is 0 Å². The summed E-state index contributed by atoms with van der Waals surface area (Å²) in [7, 11) is 0. The van der Waals surface area contributed by atoms with E-state index in [9.17, 15) is 0 Å². The zero-order valence-electron chi connectivity index (χ0n) is 13.1. The second kappa shape index (κ2) is 6.87. The van der Waals surface area contributed by atoms with Gasteiger partial charge >= 0.3 is 0 Å². The molecule has 1 aliphatic rings. The van der Waals surface area contributed by atoms with Gasteiger partial charge < -0.3 is 15.4 Å². The summed E-state index contributed by atoms with van der Waals surface area (Å²) in [5.41, 5.74) is 8.30. The molecule has 1 aromatic rings. The van der Waals surface area contributed by atoms with Crippen molar-refractivity contribution in [2.75, 3.05) is 17.2 Å². The fourth-order valence-corrected chi connectivity index (χ4v) is 3.09. The molecule has 0 saturated carbocycles. The molecule has 0 spiro atoms. The molecule has 0 aromatic heterocycles. The van der Waals surface area contributed by atoms with E-state index in [-0.39, 0.29) is 6.10 Å². The lowest BCUT2D eigenvalue weighted by Crippen LogP contribution is -2.39. The Kier molecular flexibility index (Phi) is 5.16. The first-order chi connectivity index (χ1) is 9.63. The van der Waals surface area contributed by atoms with Crippen LogP contribution in [-0.4, -0.2) is 18.7 Å². The van der Waals surface area contributed by atoms with Crippen molar-refractivity contribution in [3.05, 3.63) is 18.2 Å². The van der Waals surface area contributed by atoms with Crippen LogP contribution in [0, 0.1) is 0 Å². The summed E-state index contributed by atoms with van der Waals surface area (Å²) >= 11 is 0. The summed E-state index contributed by atoms with van der Waals surface area (Å²) in [4.78, 5) is 2.50. The van der Waals surface area contributed by atoms with Crippen LogP contribution in [0.2, 0.25) is 0 Å². The number of benzene rings is 1. The van der Waals surface area contributed by atoms with Crippen LogP contribution in [0.15, 0.2) is 18.2 Å². The van der Waals surface area contributed by atoms with Gasteiger partial charge in [0.05, 0.1) is 17.5 Å². The zero-order valence-corrected chi connectivity index (χ0v) is 13.1. The molecular weight excluding hydrogens is 248 g/mol. The number of rotatable bonds is 5. The van der Waals surface area contributed by atoms with Gasteiger partial charge in [0, 0.05) is 12.6 Å². The van der Waals surface area contributed by atoms with Gasteiger partial charge in [-0.2, -0.15) is 0 Å². The maximum Gasteiger partial charge on any atom is 0.144 e. The predicted molar refractivity (Wildman–Crippen MR) is 86.5 cm³/mol. The molecule has 1 saturated heterocycles. The van der Waals surface area contributed by atoms with Crippen LogP contribution in [0.25, 0.3) is 0 Å². The molecule has 3 heteroatoms. The number of nitrogen functional groups attached to an aromatic ring is 1. The minimum atomic E-state index is 0.153. The van der Waals surface area contributed by atoms with Gasteiger partial charge in [-0.25, -0.2) is 0 Å². The van der Waals surface area contributed by atoms with Crippen LogP contribution in [0.1, 0.15) is 52.9 Å². The van der Waals surface area contributed by atoms with E-state index in [1.165, 1.54) is 32.1 Å². The Labute approximate surface area is 123 Å². The Bertz CT molecular complexity index is 429. The SMILES string of the molecule is CCCC1CCCCN1c1cccc(OC(C)C)c1N. The summed E-state index contributed by atoms with van der Waals surface area (Å²) < 4.78 is 5.82. The molecule has 112 valence electrons. The molecule has 1 atom stereocenters. The predicted octanol–water partition coefficient (Wildman–Crippen LogP) is 4.22. The van der Waals surface area contributed by atoms with Crippen molar-refractivity contribution in [3.8, 4) is 5.75 Å². The lowest BCUT2D eigenvalue weighted by atomic mass is 9.97. The molecule has 20 heavy (non-hydrogen) atoms. The van der Waals surface area contributed by atoms with Crippen LogP contribution in [-0.2, 0) is 0 Å². The van der Waals surface area contributed by atoms with E-state index < -0.39 is 0 Å². The van der Waals surface area contributed by atoms with Gasteiger partial charge in [-0.15, -0.1) is 0 Å². The summed E-state index contributed by atoms with van der Waals surface area (Å²) in [6.45, 7) is 7.44. The van der Waals surface area contributed by atoms with Crippen molar-refractivity contribution in [2.24, 2.45) is 0 Å². The monoisotopic (exact) mass is 276 g/mol. The third-order valence-corrected chi connectivity index (χ3v) is 3.96. The highest BCUT2D eigenvalue weighted by Crippen LogP contribution is 2.36. The summed E-state index contributed by atoms with van der Waals surface area (Å²) in [5.74, 6) is 0.818.